The van der Waals surface area contributed by atoms with Gasteiger partial charge in [0, 0.05) is 37.6 Å². The van der Waals surface area contributed by atoms with Crippen LogP contribution in [0.2, 0.25) is 0 Å². The van der Waals surface area contributed by atoms with E-state index in [1.54, 1.807) is 0 Å². The minimum atomic E-state index is 0.102. The van der Waals surface area contributed by atoms with E-state index in [1.807, 2.05) is 0 Å². The van der Waals surface area contributed by atoms with Crippen LogP contribution in [-0.2, 0) is 4.74 Å². The molecule has 0 spiro atoms. The molecule has 6 heteroatoms. The van der Waals surface area contributed by atoms with Gasteiger partial charge in [0.1, 0.15) is 0 Å². The fourth-order valence-corrected chi connectivity index (χ4v) is 6.36. The number of ether oxygens (including phenoxy) is 1. The highest BCUT2D eigenvalue weighted by Gasteiger charge is 2.50. The topological polar surface area (TPSA) is 48.0 Å². The number of piperidine rings is 4. The molecule has 0 bridgehead atoms. The lowest BCUT2D eigenvalue weighted by Gasteiger charge is -2.60. The highest BCUT2D eigenvalue weighted by molar-refractivity contribution is 7.80. The number of fused-ring (bicyclic) bond motifs is 2. The monoisotopic (exact) mass is 367 g/mol. The van der Waals surface area contributed by atoms with Crippen LogP contribution >= 0.6 is 12.2 Å². The third-order valence-corrected chi connectivity index (χ3v) is 7.26. The zero-order valence-electron chi connectivity index (χ0n) is 15.2. The van der Waals surface area contributed by atoms with Crippen molar-refractivity contribution in [1.82, 2.24) is 15.1 Å². The van der Waals surface area contributed by atoms with Crippen molar-refractivity contribution in [2.45, 2.75) is 56.7 Å². The van der Waals surface area contributed by atoms with Crippen LogP contribution in [-0.4, -0.2) is 84.0 Å². The predicted molar refractivity (Wildman–Crippen MR) is 103 cm³/mol. The summed E-state index contributed by atoms with van der Waals surface area (Å²) in [6.07, 6.45) is 7.73. The van der Waals surface area contributed by atoms with Gasteiger partial charge in [0.2, 0.25) is 0 Å². The average molecular weight is 368 g/mol. The first-order valence-corrected chi connectivity index (χ1v) is 10.6. The molecule has 4 aliphatic rings. The Kier molecular flexibility index (Phi) is 5.92. The van der Waals surface area contributed by atoms with E-state index in [-0.39, 0.29) is 6.61 Å². The van der Waals surface area contributed by atoms with Gasteiger partial charge < -0.3 is 20.1 Å². The Morgan fingerprint density at radius 1 is 1.20 bits per heavy atom. The number of aliphatic hydroxyl groups is 1. The quantitative estimate of drug-likeness (QED) is 0.544. The van der Waals surface area contributed by atoms with Gasteiger partial charge in [-0.2, -0.15) is 0 Å². The molecule has 4 aliphatic heterocycles. The van der Waals surface area contributed by atoms with E-state index in [0.717, 1.165) is 30.8 Å². The molecule has 4 fully saturated rings. The van der Waals surface area contributed by atoms with Crippen molar-refractivity contribution in [1.29, 1.82) is 0 Å². The van der Waals surface area contributed by atoms with Gasteiger partial charge in [-0.1, -0.05) is 12.2 Å². The smallest absolute Gasteiger partial charge is 0.0797 e. The number of thiocarbonyl (C=S) groups is 1. The number of hydrogen-bond donors (Lipinski definition) is 2. The van der Waals surface area contributed by atoms with Crippen molar-refractivity contribution in [3.05, 3.63) is 0 Å². The van der Waals surface area contributed by atoms with E-state index in [4.69, 9.17) is 22.1 Å². The second kappa shape index (κ2) is 8.17. The first-order chi connectivity index (χ1) is 12.3. The van der Waals surface area contributed by atoms with Crippen LogP contribution in [0.4, 0.5) is 0 Å². The molecule has 2 N–H and O–H groups in total. The van der Waals surface area contributed by atoms with Crippen molar-refractivity contribution in [3.63, 3.8) is 0 Å². The summed E-state index contributed by atoms with van der Waals surface area (Å²) in [5.41, 5.74) is 0. The lowest BCUT2D eigenvalue weighted by Crippen LogP contribution is -2.68. The van der Waals surface area contributed by atoms with Crippen molar-refractivity contribution in [2.75, 3.05) is 46.0 Å². The van der Waals surface area contributed by atoms with Gasteiger partial charge in [0.25, 0.3) is 0 Å². The summed E-state index contributed by atoms with van der Waals surface area (Å²) in [5.74, 6) is 1.64. The summed E-state index contributed by atoms with van der Waals surface area (Å²) in [7, 11) is 0. The van der Waals surface area contributed by atoms with Crippen LogP contribution in [0, 0.1) is 11.8 Å². The van der Waals surface area contributed by atoms with E-state index in [9.17, 15) is 0 Å². The van der Waals surface area contributed by atoms with Crippen LogP contribution in [0.15, 0.2) is 0 Å². The zero-order valence-corrected chi connectivity index (χ0v) is 16.1. The number of aliphatic hydroxyl groups excluding tert-OH is 1. The summed E-state index contributed by atoms with van der Waals surface area (Å²) >= 11 is 5.85. The van der Waals surface area contributed by atoms with E-state index in [2.05, 4.69) is 15.1 Å². The molecule has 4 heterocycles. The highest BCUT2D eigenvalue weighted by Crippen LogP contribution is 2.44. The maximum absolute atomic E-state index is 8.78. The van der Waals surface area contributed by atoms with Crippen molar-refractivity contribution in [2.24, 2.45) is 11.8 Å². The molecule has 0 unspecified atom stereocenters. The fourth-order valence-electron chi connectivity index (χ4n) is 5.94. The molecule has 4 rings (SSSR count). The van der Waals surface area contributed by atoms with Crippen LogP contribution in [0.5, 0.6) is 0 Å². The minimum Gasteiger partial charge on any atom is -0.394 e. The molecule has 0 amide bonds. The molecule has 0 aromatic rings. The van der Waals surface area contributed by atoms with Gasteiger partial charge in [-0.15, -0.1) is 0 Å². The number of nitrogens with one attached hydrogen (secondary N) is 1. The fraction of sp³-hybridized carbons (Fsp3) is 0.947. The van der Waals surface area contributed by atoms with Gasteiger partial charge in [0.15, 0.2) is 0 Å². The molecule has 0 aromatic carbocycles. The van der Waals surface area contributed by atoms with Gasteiger partial charge in [-0.3, -0.25) is 4.90 Å². The number of rotatable bonds is 6. The van der Waals surface area contributed by atoms with Crippen LogP contribution in [0.25, 0.3) is 0 Å². The molecular formula is C19H33N3O2S. The largest absolute Gasteiger partial charge is 0.394 e. The molecule has 5 atom stereocenters. The van der Waals surface area contributed by atoms with Gasteiger partial charge in [0.05, 0.1) is 24.8 Å². The Hall–Kier alpha value is -0.270. The lowest BCUT2D eigenvalue weighted by atomic mass is 9.67. The third kappa shape index (κ3) is 3.74. The van der Waals surface area contributed by atoms with Crippen LogP contribution < -0.4 is 5.32 Å². The normalized spacial score (nSPS) is 38.4. The molecule has 4 saturated heterocycles. The first-order valence-electron chi connectivity index (χ1n) is 10.2. The molecule has 142 valence electrons. The standard InChI is InChI=1S/C19H33N3O2S/c23-8-10-24-9-5-20-15-11-17-16-4-2-7-21-6-1-3-14(19(16)21)13-22(17)18(25)12-15/h14-17,19-20,23H,1-13H2/t14-,15-,16+,17+,19-/m0/s1. The minimum absolute atomic E-state index is 0.102. The van der Waals surface area contributed by atoms with Crippen molar-refractivity contribution in [3.8, 4) is 0 Å². The van der Waals surface area contributed by atoms with Crippen LogP contribution in [0.1, 0.15) is 38.5 Å². The first kappa shape index (κ1) is 18.1. The summed E-state index contributed by atoms with van der Waals surface area (Å²) in [5, 5.41) is 12.4. The maximum Gasteiger partial charge on any atom is 0.0797 e. The van der Waals surface area contributed by atoms with Crippen molar-refractivity contribution >= 4 is 17.2 Å². The average Bonchev–Trinajstić information content (AvgIpc) is 2.63. The van der Waals surface area contributed by atoms with Gasteiger partial charge >= 0.3 is 0 Å². The van der Waals surface area contributed by atoms with E-state index >= 15 is 0 Å². The number of hydrogen-bond acceptors (Lipinski definition) is 5. The Morgan fingerprint density at radius 2 is 2.04 bits per heavy atom. The SMILES string of the molecule is OCCOCCN[C@@H]1CC(=S)N2C[C@@H]3CCCN4CCC[C@@H]([C@H]34)[C@H]2C1. The Balaban J connectivity index is 1.39. The summed E-state index contributed by atoms with van der Waals surface area (Å²) < 4.78 is 5.38. The Morgan fingerprint density at radius 3 is 2.88 bits per heavy atom. The van der Waals surface area contributed by atoms with Gasteiger partial charge in [-0.05, 0) is 57.0 Å². The molecule has 5 nitrogen and oxygen atoms in total. The Labute approximate surface area is 157 Å². The predicted octanol–water partition coefficient (Wildman–Crippen LogP) is 1.25. The highest BCUT2D eigenvalue weighted by atomic mass is 32.1. The van der Waals surface area contributed by atoms with E-state index in [0.29, 0.717) is 25.3 Å². The number of nitrogens with zero attached hydrogens (tertiary/aromatic N) is 2. The summed E-state index contributed by atoms with van der Waals surface area (Å²) in [4.78, 5) is 6.62. The van der Waals surface area contributed by atoms with E-state index in [1.165, 1.54) is 56.7 Å². The van der Waals surface area contributed by atoms with E-state index < -0.39 is 0 Å². The summed E-state index contributed by atoms with van der Waals surface area (Å²) in [6, 6.07) is 1.94. The lowest BCUT2D eigenvalue weighted by molar-refractivity contribution is -0.0621. The van der Waals surface area contributed by atoms with Crippen molar-refractivity contribution < 1.29 is 9.84 Å². The molecule has 0 radical (unpaired) electrons. The van der Waals surface area contributed by atoms with Crippen LogP contribution in [0.3, 0.4) is 0 Å². The second-order valence-corrected chi connectivity index (χ2v) is 8.75. The zero-order chi connectivity index (χ0) is 17.2. The maximum atomic E-state index is 8.78. The molecular weight excluding hydrogens is 334 g/mol. The summed E-state index contributed by atoms with van der Waals surface area (Å²) in [6.45, 7) is 5.89. The molecule has 25 heavy (non-hydrogen) atoms. The third-order valence-electron chi connectivity index (χ3n) is 6.85. The molecule has 0 aliphatic carbocycles. The second-order valence-electron chi connectivity index (χ2n) is 8.28. The molecule has 0 aromatic heterocycles. The Bertz CT molecular complexity index is 476. The molecule has 0 saturated carbocycles. The van der Waals surface area contributed by atoms with Gasteiger partial charge in [-0.25, -0.2) is 0 Å².